The van der Waals surface area contributed by atoms with Gasteiger partial charge in [-0.2, -0.15) is 4.57 Å². The first-order valence-electron chi connectivity index (χ1n) is 15.5. The van der Waals surface area contributed by atoms with Crippen molar-refractivity contribution < 1.29 is 33.4 Å². The summed E-state index contributed by atoms with van der Waals surface area (Å²) in [5.41, 5.74) is 9.62. The lowest BCUT2D eigenvalue weighted by molar-refractivity contribution is -2.00. The summed E-state index contributed by atoms with van der Waals surface area (Å²) < 4.78 is 39.9. The van der Waals surface area contributed by atoms with Gasteiger partial charge in [0, 0.05) is 35.5 Å². The van der Waals surface area contributed by atoms with Crippen molar-refractivity contribution in [2.45, 2.75) is 32.7 Å². The molecular weight excluding hydrogens is 644 g/mol. The Bertz CT molecular complexity index is 2140. The second-order valence-corrected chi connectivity index (χ2v) is 13.6. The zero-order valence-corrected chi connectivity index (χ0v) is 28.6. The van der Waals surface area contributed by atoms with Crippen LogP contribution >= 0.6 is 11.3 Å². The van der Waals surface area contributed by atoms with Crippen molar-refractivity contribution in [2.75, 3.05) is 11.9 Å². The number of aromatic nitrogens is 3. The molecule has 0 bridgehead atoms. The third-order valence-corrected chi connectivity index (χ3v) is 9.63. The standard InChI is InChI=1S/C38H35N4S.ClHO4/c1-5-41-33-26-27(37-39-30-19-13-15-21-34(30)43-37)24-25-32(33)42(28-16-8-6-9-17-28)36(41)23-11-7-10-22-35-38(2,3)29-18-12-14-20-31(29)40(35)4;2-1(3,4)5/h6-26H,5H2,1-4H3;(H,2,3,4,5)/q+1;/p-1. The SMILES string of the molecule is CC[n+]1c(/C=C/C=C/C=C2\N(C)c3ccccc3C2(C)C)n(-c2ccccc2)c2ccc(-c3nc4ccccc4s3)cc21.[O-][Cl+3]([O-])([O-])[O-]. The molecule has 1 aliphatic rings. The number of benzene rings is 4. The maximum atomic E-state index is 8.49. The molecule has 0 unspecified atom stereocenters. The highest BCUT2D eigenvalue weighted by Gasteiger charge is 2.37. The Hall–Kier alpha value is -4.61. The van der Waals surface area contributed by atoms with Gasteiger partial charge < -0.3 is 4.90 Å². The van der Waals surface area contributed by atoms with Gasteiger partial charge in [0.2, 0.25) is 0 Å². The largest absolute Gasteiger partial charge is 0.347 e. The molecule has 8 nitrogen and oxygen atoms in total. The molecule has 0 amide bonds. The first kappa shape index (κ1) is 33.3. The summed E-state index contributed by atoms with van der Waals surface area (Å²) >= 11 is 1.75. The molecule has 0 atom stereocenters. The molecule has 0 aliphatic carbocycles. The topological polar surface area (TPSA) is 117 Å². The molecule has 0 spiro atoms. The van der Waals surface area contributed by atoms with Crippen LogP contribution in [-0.4, -0.2) is 16.6 Å². The summed E-state index contributed by atoms with van der Waals surface area (Å²) in [6.45, 7) is 7.67. The summed E-state index contributed by atoms with van der Waals surface area (Å²) in [6.07, 6.45) is 10.9. The lowest BCUT2D eigenvalue weighted by Gasteiger charge is -2.23. The lowest BCUT2D eigenvalue weighted by Crippen LogP contribution is -2.68. The lowest BCUT2D eigenvalue weighted by atomic mass is 9.84. The van der Waals surface area contributed by atoms with Gasteiger partial charge in [0.05, 0.1) is 16.8 Å². The number of nitrogens with zero attached hydrogens (tertiary/aromatic N) is 4. The normalized spacial score (nSPS) is 15.2. The van der Waals surface area contributed by atoms with Crippen LogP contribution in [0.25, 0.3) is 43.6 Å². The summed E-state index contributed by atoms with van der Waals surface area (Å²) in [7, 11) is -2.78. The highest BCUT2D eigenvalue weighted by molar-refractivity contribution is 7.21. The molecule has 0 saturated carbocycles. The Balaban J connectivity index is 0.000000749. The number of anilines is 1. The van der Waals surface area contributed by atoms with E-state index in [1.54, 1.807) is 11.3 Å². The number of rotatable bonds is 6. The van der Waals surface area contributed by atoms with Gasteiger partial charge in [-0.3, -0.25) is 0 Å². The quantitative estimate of drug-likeness (QED) is 0.191. The monoisotopic (exact) mass is 678 g/mol. The fraction of sp³-hybridized carbons (Fsp3) is 0.158. The number of fused-ring (bicyclic) bond motifs is 3. The summed E-state index contributed by atoms with van der Waals surface area (Å²) in [5, 5.41) is 1.05. The van der Waals surface area contributed by atoms with Crippen LogP contribution in [-0.2, 0) is 12.0 Å². The van der Waals surface area contributed by atoms with Gasteiger partial charge in [0.15, 0.2) is 11.0 Å². The second kappa shape index (κ2) is 13.5. The van der Waals surface area contributed by atoms with E-state index in [0.717, 1.165) is 34.1 Å². The van der Waals surface area contributed by atoms with E-state index >= 15 is 0 Å². The zero-order valence-electron chi connectivity index (χ0n) is 27.0. The molecule has 244 valence electrons. The minimum atomic E-state index is -4.94. The van der Waals surface area contributed by atoms with Crippen molar-refractivity contribution >= 4 is 44.4 Å². The number of halogens is 1. The second-order valence-electron chi connectivity index (χ2n) is 11.8. The van der Waals surface area contributed by atoms with Gasteiger partial charge in [-0.1, -0.05) is 80.6 Å². The van der Waals surface area contributed by atoms with Crippen LogP contribution in [0.15, 0.2) is 127 Å². The molecule has 7 rings (SSSR count). The maximum absolute atomic E-state index is 8.49. The van der Waals surface area contributed by atoms with Gasteiger partial charge in [0.25, 0.3) is 5.82 Å². The third-order valence-electron chi connectivity index (χ3n) is 8.55. The van der Waals surface area contributed by atoms with Crippen molar-refractivity contribution in [3.8, 4) is 16.3 Å². The predicted octanol–water partition coefficient (Wildman–Crippen LogP) is 4.34. The molecule has 48 heavy (non-hydrogen) atoms. The Morgan fingerprint density at radius 3 is 2.25 bits per heavy atom. The van der Waals surface area contributed by atoms with Crippen molar-refractivity contribution in [2.24, 2.45) is 0 Å². The number of aryl methyl sites for hydroxylation is 1. The van der Waals surface area contributed by atoms with Crippen LogP contribution < -0.4 is 28.1 Å². The molecule has 0 radical (unpaired) electrons. The number of hydrogen-bond donors (Lipinski definition) is 0. The van der Waals surface area contributed by atoms with Crippen LogP contribution in [0.3, 0.4) is 0 Å². The Kier molecular flexibility index (Phi) is 9.35. The van der Waals surface area contributed by atoms with Crippen molar-refractivity contribution in [3.63, 3.8) is 0 Å². The van der Waals surface area contributed by atoms with Gasteiger partial charge >= 0.3 is 0 Å². The van der Waals surface area contributed by atoms with Crippen LogP contribution in [0, 0.1) is 10.2 Å². The molecule has 0 saturated heterocycles. The molecule has 0 N–H and O–H groups in total. The molecule has 0 fully saturated rings. The average molecular weight is 679 g/mol. The van der Waals surface area contributed by atoms with E-state index in [1.165, 1.54) is 32.7 Å². The predicted molar refractivity (Wildman–Crippen MR) is 182 cm³/mol. The van der Waals surface area contributed by atoms with E-state index < -0.39 is 10.2 Å². The zero-order chi connectivity index (χ0) is 34.1. The maximum Gasteiger partial charge on any atom is 0.287 e. The van der Waals surface area contributed by atoms with Crippen molar-refractivity contribution in [3.05, 3.63) is 138 Å². The summed E-state index contributed by atoms with van der Waals surface area (Å²) in [6, 6.07) is 34.4. The number of imidazole rings is 1. The first-order valence-corrected chi connectivity index (χ1v) is 17.5. The smallest absolute Gasteiger partial charge is 0.287 e. The number of allylic oxidation sites excluding steroid dienone is 5. The van der Waals surface area contributed by atoms with E-state index in [-0.39, 0.29) is 5.41 Å². The van der Waals surface area contributed by atoms with Crippen molar-refractivity contribution in [1.29, 1.82) is 0 Å². The minimum absolute atomic E-state index is 0.0364. The molecule has 6 aromatic rings. The van der Waals surface area contributed by atoms with Gasteiger partial charge in [-0.05, 0) is 67.1 Å². The number of thiazole rings is 1. The fourth-order valence-electron chi connectivity index (χ4n) is 6.42. The van der Waals surface area contributed by atoms with Gasteiger partial charge in [-0.25, -0.2) is 28.2 Å². The molecule has 10 heteroatoms. The van der Waals surface area contributed by atoms with Crippen molar-refractivity contribution in [1.82, 2.24) is 9.55 Å². The fourth-order valence-corrected chi connectivity index (χ4v) is 7.39. The van der Waals surface area contributed by atoms with E-state index in [2.05, 4.69) is 169 Å². The molecule has 2 aromatic heterocycles. The Labute approximate surface area is 285 Å². The van der Waals surface area contributed by atoms with Gasteiger partial charge in [-0.15, -0.1) is 21.6 Å². The van der Waals surface area contributed by atoms with Crippen LogP contribution in [0.1, 0.15) is 32.2 Å². The number of hydrogen-bond acceptors (Lipinski definition) is 7. The highest BCUT2D eigenvalue weighted by Crippen LogP contribution is 2.46. The molecule has 1 aliphatic heterocycles. The van der Waals surface area contributed by atoms with Crippen LogP contribution in [0.4, 0.5) is 5.69 Å². The first-order chi connectivity index (χ1) is 23.0. The molecule has 3 heterocycles. The average Bonchev–Trinajstić information content (AvgIpc) is 3.69. The van der Waals surface area contributed by atoms with E-state index in [0.29, 0.717) is 0 Å². The highest BCUT2D eigenvalue weighted by atomic mass is 35.7. The van der Waals surface area contributed by atoms with E-state index in [9.17, 15) is 0 Å². The Morgan fingerprint density at radius 2 is 1.54 bits per heavy atom. The van der Waals surface area contributed by atoms with E-state index in [1.807, 2.05) is 0 Å². The summed E-state index contributed by atoms with van der Waals surface area (Å²) in [4.78, 5) is 7.24. The number of likely N-dealkylation sites (N-methyl/N-ethyl adjacent to an activating group) is 1. The minimum Gasteiger partial charge on any atom is -0.347 e. The molecular formula is C38H35ClN4O4S. The molecule has 4 aromatic carbocycles. The Morgan fingerprint density at radius 1 is 0.854 bits per heavy atom. The number of para-hydroxylation sites is 3. The van der Waals surface area contributed by atoms with Crippen LogP contribution in [0.5, 0.6) is 0 Å². The van der Waals surface area contributed by atoms with Crippen LogP contribution in [0.2, 0.25) is 0 Å². The summed E-state index contributed by atoms with van der Waals surface area (Å²) in [5.74, 6) is 1.13. The van der Waals surface area contributed by atoms with Gasteiger partial charge in [0.1, 0.15) is 10.7 Å². The third kappa shape index (κ3) is 6.70. The van der Waals surface area contributed by atoms with E-state index in [4.69, 9.17) is 23.6 Å².